The number of fused-ring (bicyclic) bond motifs is 1. The fourth-order valence-corrected chi connectivity index (χ4v) is 3.94. The van der Waals surface area contributed by atoms with Gasteiger partial charge in [0.1, 0.15) is 11.5 Å². The van der Waals surface area contributed by atoms with Gasteiger partial charge in [0.2, 0.25) is 0 Å². The Bertz CT molecular complexity index is 698. The molecule has 2 nitrogen and oxygen atoms in total. The van der Waals surface area contributed by atoms with Crippen LogP contribution in [0.2, 0.25) is 0 Å². The normalized spacial score (nSPS) is 11.1. The molecule has 0 spiro atoms. The van der Waals surface area contributed by atoms with Crippen LogP contribution in [0, 0.1) is 0 Å². The van der Waals surface area contributed by atoms with Crippen LogP contribution in [0.15, 0.2) is 30.3 Å². The summed E-state index contributed by atoms with van der Waals surface area (Å²) in [6, 6.07) is 10.8. The predicted molar refractivity (Wildman–Crippen MR) is 127 cm³/mol. The van der Waals surface area contributed by atoms with Crippen LogP contribution in [-0.4, -0.2) is 19.1 Å². The lowest BCUT2D eigenvalue weighted by atomic mass is 10.0. The summed E-state index contributed by atoms with van der Waals surface area (Å²) in [5, 5.41) is 2.52. The summed E-state index contributed by atoms with van der Waals surface area (Å²) in [6.07, 6.45) is 13.2. The Labute approximate surface area is 182 Å². The molecule has 0 heterocycles. The Morgan fingerprint density at radius 2 is 1.41 bits per heavy atom. The molecular formula is C26H39ClO2. The van der Waals surface area contributed by atoms with Crippen LogP contribution in [0.25, 0.3) is 10.8 Å². The fourth-order valence-electron chi connectivity index (χ4n) is 3.75. The topological polar surface area (TPSA) is 18.5 Å². The van der Waals surface area contributed by atoms with E-state index in [2.05, 4.69) is 44.2 Å². The first-order valence-corrected chi connectivity index (χ1v) is 12.2. The first kappa shape index (κ1) is 23.9. The van der Waals surface area contributed by atoms with E-state index in [-0.39, 0.29) is 0 Å². The number of halogens is 1. The van der Waals surface area contributed by atoms with Crippen LogP contribution in [-0.2, 0) is 6.42 Å². The van der Waals surface area contributed by atoms with E-state index >= 15 is 0 Å². The second kappa shape index (κ2) is 14.6. The summed E-state index contributed by atoms with van der Waals surface area (Å²) < 4.78 is 12.1. The minimum absolute atomic E-state index is 0.789. The second-order valence-electron chi connectivity index (χ2n) is 7.85. The van der Waals surface area contributed by atoms with Crippen molar-refractivity contribution in [1.82, 2.24) is 0 Å². The zero-order valence-electron chi connectivity index (χ0n) is 18.5. The standard InChI is InChI=1S/C26H39ClO2/c1-3-5-6-12-19-28-23-15-16-25-22(21-23)14-17-26(24(25)4-2)29-20-13-10-8-7-9-11-18-27/h14-17,21H,3-13,18-20H2,1-2H3. The van der Waals surface area contributed by atoms with E-state index in [0.717, 1.165) is 56.3 Å². The molecule has 0 fully saturated rings. The lowest BCUT2D eigenvalue weighted by Gasteiger charge is -2.14. The highest BCUT2D eigenvalue weighted by molar-refractivity contribution is 6.17. The van der Waals surface area contributed by atoms with E-state index in [1.54, 1.807) is 0 Å². The molecule has 2 aromatic rings. The number of ether oxygens (including phenoxy) is 2. The molecule has 0 atom stereocenters. The smallest absolute Gasteiger partial charge is 0.123 e. The Morgan fingerprint density at radius 1 is 0.724 bits per heavy atom. The lowest BCUT2D eigenvalue weighted by Crippen LogP contribution is -2.01. The number of benzene rings is 2. The molecule has 162 valence electrons. The van der Waals surface area contributed by atoms with Gasteiger partial charge in [0.05, 0.1) is 13.2 Å². The van der Waals surface area contributed by atoms with Crippen LogP contribution in [0.3, 0.4) is 0 Å². The SMILES string of the molecule is CCCCCCOc1ccc2c(CC)c(OCCCCCCCCCl)ccc2c1. The van der Waals surface area contributed by atoms with E-state index in [1.807, 2.05) is 0 Å². The number of alkyl halides is 1. The molecule has 0 saturated heterocycles. The van der Waals surface area contributed by atoms with Crippen molar-refractivity contribution >= 4 is 22.4 Å². The van der Waals surface area contributed by atoms with Crippen molar-refractivity contribution in [2.45, 2.75) is 84.5 Å². The van der Waals surface area contributed by atoms with Crippen molar-refractivity contribution in [2.24, 2.45) is 0 Å². The van der Waals surface area contributed by atoms with Gasteiger partial charge in [-0.3, -0.25) is 0 Å². The molecule has 0 radical (unpaired) electrons. The van der Waals surface area contributed by atoms with Crippen molar-refractivity contribution in [2.75, 3.05) is 19.1 Å². The number of unbranched alkanes of at least 4 members (excludes halogenated alkanes) is 8. The van der Waals surface area contributed by atoms with Gasteiger partial charge in [0.15, 0.2) is 0 Å². The summed E-state index contributed by atoms with van der Waals surface area (Å²) in [5.74, 6) is 2.80. The van der Waals surface area contributed by atoms with Gasteiger partial charge in [-0.15, -0.1) is 11.6 Å². The third-order valence-corrected chi connectivity index (χ3v) is 5.73. The number of rotatable bonds is 16. The van der Waals surface area contributed by atoms with Gasteiger partial charge < -0.3 is 9.47 Å². The second-order valence-corrected chi connectivity index (χ2v) is 8.22. The fraction of sp³-hybridized carbons (Fsp3) is 0.615. The molecule has 2 rings (SSSR count). The minimum atomic E-state index is 0.789. The maximum atomic E-state index is 6.14. The molecule has 0 bridgehead atoms. The van der Waals surface area contributed by atoms with Crippen molar-refractivity contribution in [3.63, 3.8) is 0 Å². The largest absolute Gasteiger partial charge is 0.494 e. The van der Waals surface area contributed by atoms with E-state index in [1.165, 1.54) is 61.3 Å². The van der Waals surface area contributed by atoms with E-state index < -0.39 is 0 Å². The molecule has 0 N–H and O–H groups in total. The zero-order valence-corrected chi connectivity index (χ0v) is 19.2. The molecular weight excluding hydrogens is 380 g/mol. The van der Waals surface area contributed by atoms with Gasteiger partial charge in [0.25, 0.3) is 0 Å². The lowest BCUT2D eigenvalue weighted by molar-refractivity contribution is 0.302. The number of hydrogen-bond acceptors (Lipinski definition) is 2. The Kier molecular flexibility index (Phi) is 12.0. The Morgan fingerprint density at radius 3 is 2.14 bits per heavy atom. The third kappa shape index (κ3) is 8.46. The molecule has 0 saturated carbocycles. The summed E-state index contributed by atoms with van der Waals surface area (Å²) in [5.41, 5.74) is 1.30. The van der Waals surface area contributed by atoms with Crippen LogP contribution >= 0.6 is 11.6 Å². The molecule has 3 heteroatoms. The van der Waals surface area contributed by atoms with Gasteiger partial charge in [-0.05, 0) is 54.7 Å². The molecule has 0 unspecified atom stereocenters. The molecule has 0 aliphatic heterocycles. The van der Waals surface area contributed by atoms with Crippen molar-refractivity contribution in [3.05, 3.63) is 35.9 Å². The first-order valence-electron chi connectivity index (χ1n) is 11.7. The summed E-state index contributed by atoms with van der Waals surface area (Å²) in [7, 11) is 0. The Balaban J connectivity index is 1.86. The first-order chi connectivity index (χ1) is 14.3. The maximum Gasteiger partial charge on any atom is 0.123 e. The van der Waals surface area contributed by atoms with Crippen LogP contribution < -0.4 is 9.47 Å². The average Bonchev–Trinajstić information content (AvgIpc) is 2.75. The molecule has 0 aromatic heterocycles. The van der Waals surface area contributed by atoms with Crippen molar-refractivity contribution < 1.29 is 9.47 Å². The van der Waals surface area contributed by atoms with Crippen molar-refractivity contribution in [3.8, 4) is 11.5 Å². The van der Waals surface area contributed by atoms with Crippen LogP contribution in [0.5, 0.6) is 11.5 Å². The van der Waals surface area contributed by atoms with Gasteiger partial charge in [-0.2, -0.15) is 0 Å². The Hall–Kier alpha value is -1.41. The van der Waals surface area contributed by atoms with Crippen LogP contribution in [0.1, 0.15) is 83.6 Å². The minimum Gasteiger partial charge on any atom is -0.494 e. The summed E-state index contributed by atoms with van der Waals surface area (Å²) in [6.45, 7) is 6.04. The highest BCUT2D eigenvalue weighted by Gasteiger charge is 2.08. The van der Waals surface area contributed by atoms with Gasteiger partial charge in [-0.1, -0.05) is 70.9 Å². The maximum absolute atomic E-state index is 6.14. The zero-order chi connectivity index (χ0) is 20.7. The monoisotopic (exact) mass is 418 g/mol. The van der Waals surface area contributed by atoms with Gasteiger partial charge >= 0.3 is 0 Å². The van der Waals surface area contributed by atoms with Gasteiger partial charge in [0, 0.05) is 11.4 Å². The average molecular weight is 419 g/mol. The molecule has 0 amide bonds. The number of aryl methyl sites for hydroxylation is 1. The third-order valence-electron chi connectivity index (χ3n) is 5.47. The molecule has 2 aromatic carbocycles. The molecule has 0 aliphatic carbocycles. The predicted octanol–water partition coefficient (Wildman–Crippen LogP) is 8.32. The van der Waals surface area contributed by atoms with E-state index in [4.69, 9.17) is 21.1 Å². The van der Waals surface area contributed by atoms with Gasteiger partial charge in [-0.25, -0.2) is 0 Å². The van der Waals surface area contributed by atoms with Crippen molar-refractivity contribution in [1.29, 1.82) is 0 Å². The summed E-state index contributed by atoms with van der Waals surface area (Å²) in [4.78, 5) is 0. The highest BCUT2D eigenvalue weighted by Crippen LogP contribution is 2.31. The molecule has 29 heavy (non-hydrogen) atoms. The van der Waals surface area contributed by atoms with Crippen LogP contribution in [0.4, 0.5) is 0 Å². The highest BCUT2D eigenvalue weighted by atomic mass is 35.5. The van der Waals surface area contributed by atoms with E-state index in [0.29, 0.717) is 0 Å². The molecule has 0 aliphatic rings. The summed E-state index contributed by atoms with van der Waals surface area (Å²) >= 11 is 5.72. The van der Waals surface area contributed by atoms with E-state index in [9.17, 15) is 0 Å². The quantitative estimate of drug-likeness (QED) is 0.201. The number of hydrogen-bond donors (Lipinski definition) is 0.